The summed E-state index contributed by atoms with van der Waals surface area (Å²) in [7, 11) is 0. The third-order valence-electron chi connectivity index (χ3n) is 11.4. The normalized spacial score (nSPS) is 15.0. The lowest BCUT2D eigenvalue weighted by Gasteiger charge is -2.24. The fourth-order valence-electron chi connectivity index (χ4n) is 7.78. The molecule has 0 bridgehead atoms. The van der Waals surface area contributed by atoms with Crippen molar-refractivity contribution in [3.8, 4) is 0 Å². The van der Waals surface area contributed by atoms with Crippen LogP contribution in [0.1, 0.15) is 79.0 Å². The largest absolute Gasteiger partial charge is 0.471 e. The number of allylic oxidation sites excluding steroid dienone is 2. The van der Waals surface area contributed by atoms with Gasteiger partial charge in [0.05, 0.1) is 0 Å². The monoisotopic (exact) mass is 1030 g/mol. The van der Waals surface area contributed by atoms with Gasteiger partial charge in [0, 0.05) is 62.3 Å². The van der Waals surface area contributed by atoms with Gasteiger partial charge >= 0.3 is 12.1 Å². The van der Waals surface area contributed by atoms with Gasteiger partial charge in [0.25, 0.3) is 17.0 Å². The summed E-state index contributed by atoms with van der Waals surface area (Å²) >= 11 is 0. The number of aryl methyl sites for hydroxylation is 1. The number of carbonyl (C=O) groups excluding carboxylic acids is 6. The lowest BCUT2D eigenvalue weighted by Crippen LogP contribution is -2.43. The second-order valence-corrected chi connectivity index (χ2v) is 17.0. The van der Waals surface area contributed by atoms with Gasteiger partial charge in [-0.1, -0.05) is 53.7 Å². The Labute approximate surface area is 420 Å². The molecule has 18 nitrogen and oxygen atoms in total. The Kier molecular flexibility index (Phi) is 20.0. The maximum absolute atomic E-state index is 13.7. The number of aromatic nitrogens is 3. The van der Waals surface area contributed by atoms with Crippen molar-refractivity contribution in [2.75, 3.05) is 17.2 Å². The van der Waals surface area contributed by atoms with Crippen molar-refractivity contribution in [3.05, 3.63) is 170 Å². The number of nitrogens with one attached hydrogen (secondary N) is 5. The van der Waals surface area contributed by atoms with Crippen LogP contribution in [0.2, 0.25) is 0 Å². The topological polar surface area (TPSA) is 259 Å². The molecule has 5 atom stereocenters. The number of halogens is 5. The zero-order valence-corrected chi connectivity index (χ0v) is 40.3. The number of anilines is 2. The maximum atomic E-state index is 13.7. The molecule has 4 heterocycles. The quantitative estimate of drug-likeness (QED) is 0.0421. The molecule has 6 amide bonds. The lowest BCUT2D eigenvalue weighted by atomic mass is 9.97. The summed E-state index contributed by atoms with van der Waals surface area (Å²) in [4.78, 5) is 100. The Morgan fingerprint density at radius 1 is 0.784 bits per heavy atom. The van der Waals surface area contributed by atoms with Gasteiger partial charge in [0.2, 0.25) is 23.6 Å². The Morgan fingerprint density at radius 3 is 1.73 bits per heavy atom. The van der Waals surface area contributed by atoms with Gasteiger partial charge in [0.15, 0.2) is 5.69 Å². The van der Waals surface area contributed by atoms with Gasteiger partial charge in [0.1, 0.15) is 40.9 Å². The fourth-order valence-corrected chi connectivity index (χ4v) is 7.78. The van der Waals surface area contributed by atoms with Crippen LogP contribution in [-0.4, -0.2) is 74.5 Å². The maximum Gasteiger partial charge on any atom is 0.471 e. The van der Waals surface area contributed by atoms with Crippen molar-refractivity contribution in [2.24, 2.45) is 11.7 Å². The summed E-state index contributed by atoms with van der Waals surface area (Å²) in [5.41, 5.74) is 3.90. The van der Waals surface area contributed by atoms with Gasteiger partial charge in [-0.2, -0.15) is 13.2 Å². The molecule has 2 aromatic carbocycles. The minimum absolute atomic E-state index is 0.00746. The molecule has 0 spiro atoms. The molecular formula is C51H54F5N9O9. The number of hydrogen-bond acceptors (Lipinski definition) is 10. The van der Waals surface area contributed by atoms with Gasteiger partial charge in [-0.15, -0.1) is 0 Å². The number of carbonyl (C=O) groups is 6. The molecule has 3 aromatic heterocycles. The average Bonchev–Trinajstić information content (AvgIpc) is 3.98. The van der Waals surface area contributed by atoms with E-state index in [-0.39, 0.29) is 48.9 Å². The van der Waals surface area contributed by atoms with Crippen LogP contribution < -0.4 is 43.4 Å². The molecule has 74 heavy (non-hydrogen) atoms. The first-order chi connectivity index (χ1) is 35.2. The van der Waals surface area contributed by atoms with E-state index in [0.29, 0.717) is 36.3 Å². The lowest BCUT2D eigenvalue weighted by molar-refractivity contribution is -0.167. The molecule has 0 aliphatic carbocycles. The second kappa shape index (κ2) is 26.3. The van der Waals surface area contributed by atoms with Crippen LogP contribution in [0.4, 0.5) is 33.3 Å². The van der Waals surface area contributed by atoms with Crippen LogP contribution in [0.5, 0.6) is 0 Å². The van der Waals surface area contributed by atoms with E-state index < -0.39 is 88.3 Å². The molecule has 5 aromatic rings. The third kappa shape index (κ3) is 16.3. The number of amides is 6. The molecule has 0 radical (unpaired) electrons. The summed E-state index contributed by atoms with van der Waals surface area (Å²) in [6.45, 7) is 5.74. The molecule has 392 valence electrons. The predicted molar refractivity (Wildman–Crippen MR) is 261 cm³/mol. The predicted octanol–water partition coefficient (Wildman–Crippen LogP) is 5.51. The van der Waals surface area contributed by atoms with Crippen molar-refractivity contribution < 1.29 is 55.2 Å². The van der Waals surface area contributed by atoms with Crippen molar-refractivity contribution in [1.82, 2.24) is 30.2 Å². The van der Waals surface area contributed by atoms with E-state index in [9.17, 15) is 60.3 Å². The minimum atomic E-state index is -5.22. The second-order valence-electron chi connectivity index (χ2n) is 17.0. The standard InChI is InChI=1S/C28H30FN5O5.C23H24F4N4O4/c1-3-5-21(16-19-11-12-30-25(19)35)31-27(37)24(15-18-7-9-20(29)10-8-18)34-13-4-6-22(28(34)38)32-26(36)23-14-17(2)39-33-23;1-2-4-16(10-11-19(28)32)29-20(33)18(13-14-6-8-15(24)9-7-14)31-12-3-5-17(21(31)34)30-22(35)23(25,26)27/h3-10,13-14,19,21,24H,11-12,15-16H2,1-2H3,(H,30,35)(H,31,37)(H,32,36);2-9,12,16,18H,10-11,13H2,1H3,(H2,28,32)(H,29,33)(H,30,35)/b5-3+;4-2+/t19-,21+,24-;16-,18+/m01/s1. The molecule has 6 rings (SSSR count). The first-order valence-electron chi connectivity index (χ1n) is 23.1. The number of alkyl halides is 3. The van der Waals surface area contributed by atoms with Gasteiger partial charge < -0.3 is 46.0 Å². The zero-order chi connectivity index (χ0) is 54.1. The van der Waals surface area contributed by atoms with Gasteiger partial charge in [-0.05, 0) is 99.7 Å². The van der Waals surface area contributed by atoms with Crippen LogP contribution >= 0.6 is 0 Å². The van der Waals surface area contributed by atoms with Crippen molar-refractivity contribution in [2.45, 2.75) is 89.6 Å². The average molecular weight is 1030 g/mol. The Balaban J connectivity index is 0.000000276. The number of nitrogens with two attached hydrogens (primary N) is 1. The van der Waals surface area contributed by atoms with Crippen LogP contribution in [0, 0.1) is 24.5 Å². The third-order valence-corrected chi connectivity index (χ3v) is 11.4. The molecule has 23 heteroatoms. The van der Waals surface area contributed by atoms with Gasteiger partial charge in [-0.25, -0.2) is 8.78 Å². The van der Waals surface area contributed by atoms with Crippen LogP contribution in [0.15, 0.2) is 130 Å². The van der Waals surface area contributed by atoms with E-state index in [2.05, 4.69) is 26.4 Å². The molecular weight excluding hydrogens is 978 g/mol. The Hall–Kier alpha value is -8.50. The first kappa shape index (κ1) is 56.4. The van der Waals surface area contributed by atoms with Crippen molar-refractivity contribution in [1.29, 1.82) is 0 Å². The number of nitrogens with zero attached hydrogens (tertiary/aromatic N) is 3. The van der Waals surface area contributed by atoms with E-state index in [1.807, 2.05) is 6.92 Å². The molecule has 1 saturated heterocycles. The summed E-state index contributed by atoms with van der Waals surface area (Å²) in [5, 5.41) is 16.1. The van der Waals surface area contributed by atoms with E-state index >= 15 is 0 Å². The highest BCUT2D eigenvalue weighted by molar-refractivity contribution is 6.02. The van der Waals surface area contributed by atoms with Crippen molar-refractivity contribution in [3.63, 3.8) is 0 Å². The zero-order valence-electron chi connectivity index (χ0n) is 40.3. The molecule has 0 saturated carbocycles. The Bertz CT molecular complexity index is 2970. The number of pyridine rings is 2. The first-order valence-corrected chi connectivity index (χ1v) is 23.1. The smallest absolute Gasteiger partial charge is 0.370 e. The highest BCUT2D eigenvalue weighted by Gasteiger charge is 2.39. The van der Waals surface area contributed by atoms with Crippen LogP contribution in [0.3, 0.4) is 0 Å². The van der Waals surface area contributed by atoms with E-state index in [4.69, 9.17) is 10.3 Å². The number of benzene rings is 2. The van der Waals surface area contributed by atoms with E-state index in [1.165, 1.54) is 64.7 Å². The number of primary amides is 1. The summed E-state index contributed by atoms with van der Waals surface area (Å²) < 4.78 is 71.9. The molecule has 7 N–H and O–H groups in total. The van der Waals surface area contributed by atoms with Gasteiger partial charge in [-0.3, -0.25) is 38.4 Å². The number of rotatable bonds is 20. The SMILES string of the molecule is C/C=C/[C@H](CCC(N)=O)NC(=O)[C@H](Cc1ccc(F)cc1)n1cccc(NC(=O)C(F)(F)F)c1=O.C/C=C/[C@H](C[C@@H]1CCNC1=O)NC(=O)[C@H](Cc1ccc(F)cc1)n1cccc(NC(=O)c2cc(C)on2)c1=O. The molecule has 1 aliphatic heterocycles. The molecule has 1 aliphatic rings. The fraction of sp³-hybridized carbons (Fsp3) is 0.314. The van der Waals surface area contributed by atoms with Crippen LogP contribution in [0.25, 0.3) is 0 Å². The highest BCUT2D eigenvalue weighted by Crippen LogP contribution is 2.22. The number of hydrogen-bond donors (Lipinski definition) is 6. The highest BCUT2D eigenvalue weighted by atomic mass is 19.4. The van der Waals surface area contributed by atoms with E-state index in [1.54, 1.807) is 56.4 Å². The van der Waals surface area contributed by atoms with Crippen molar-refractivity contribution >= 4 is 46.8 Å². The molecule has 1 fully saturated rings. The Morgan fingerprint density at radius 2 is 1.28 bits per heavy atom. The molecule has 0 unspecified atom stereocenters. The minimum Gasteiger partial charge on any atom is -0.370 e. The van der Waals surface area contributed by atoms with Crippen LogP contribution in [-0.2, 0) is 36.8 Å². The van der Waals surface area contributed by atoms with E-state index in [0.717, 1.165) is 22.8 Å². The summed E-state index contributed by atoms with van der Waals surface area (Å²) in [6.07, 6.45) is 5.45. The summed E-state index contributed by atoms with van der Waals surface area (Å²) in [5.74, 6) is -5.51. The summed E-state index contributed by atoms with van der Waals surface area (Å²) in [6, 6.07) is 14.0.